The van der Waals surface area contributed by atoms with E-state index in [9.17, 15) is 22.8 Å². The minimum atomic E-state index is -4.41. The third kappa shape index (κ3) is 4.51. The first-order valence-electron chi connectivity index (χ1n) is 7.56. The normalized spacial score (nSPS) is 11.1. The van der Waals surface area contributed by atoms with E-state index in [2.05, 4.69) is 0 Å². The van der Waals surface area contributed by atoms with Crippen molar-refractivity contribution in [3.8, 4) is 6.07 Å². The number of nitrogens with zero attached hydrogens (tertiary/aromatic N) is 2. The molecular formula is C18H15F3N2O3. The molecule has 136 valence electrons. The van der Waals surface area contributed by atoms with Crippen molar-refractivity contribution in [2.45, 2.75) is 26.6 Å². The van der Waals surface area contributed by atoms with Crippen LogP contribution in [-0.4, -0.2) is 29.1 Å². The summed E-state index contributed by atoms with van der Waals surface area (Å²) in [4.78, 5) is 24.2. The number of hydrogen-bond donors (Lipinski definition) is 0. The standard InChI is InChI=1S/C18H15F3N2O3/c1-11-6-15(12(2)23(11)10-18(19,20)21)16(24)9-26-17(25)14-5-3-4-13(7-14)8-22/h3-7H,9-10H2,1-2H3. The lowest BCUT2D eigenvalue weighted by molar-refractivity contribution is -0.141. The van der Waals surface area contributed by atoms with Crippen molar-refractivity contribution in [3.63, 3.8) is 0 Å². The second-order valence-corrected chi connectivity index (χ2v) is 5.68. The van der Waals surface area contributed by atoms with Crippen molar-refractivity contribution >= 4 is 11.8 Å². The predicted octanol–water partition coefficient (Wildman–Crippen LogP) is 3.58. The van der Waals surface area contributed by atoms with Crippen LogP contribution in [0.5, 0.6) is 0 Å². The topological polar surface area (TPSA) is 72.1 Å². The number of nitriles is 1. The SMILES string of the molecule is Cc1cc(C(=O)COC(=O)c2cccc(C#N)c2)c(C)n1CC(F)(F)F. The molecule has 0 saturated carbocycles. The van der Waals surface area contributed by atoms with Gasteiger partial charge in [0.15, 0.2) is 6.61 Å². The average molecular weight is 364 g/mol. The van der Waals surface area contributed by atoms with Crippen molar-refractivity contribution in [1.29, 1.82) is 5.26 Å². The Bertz CT molecular complexity index is 892. The number of Topliss-reactive ketones (excluding diaryl/α,β-unsaturated/α-hetero) is 1. The van der Waals surface area contributed by atoms with Crippen LogP contribution in [-0.2, 0) is 11.3 Å². The van der Waals surface area contributed by atoms with Gasteiger partial charge in [-0.05, 0) is 38.1 Å². The molecule has 5 nitrogen and oxygen atoms in total. The highest BCUT2D eigenvalue weighted by molar-refractivity contribution is 6.00. The molecule has 0 unspecified atom stereocenters. The Labute approximate surface area is 147 Å². The lowest BCUT2D eigenvalue weighted by atomic mass is 10.1. The van der Waals surface area contributed by atoms with Crippen LogP contribution < -0.4 is 0 Å². The molecule has 0 amide bonds. The first-order valence-corrected chi connectivity index (χ1v) is 7.56. The van der Waals surface area contributed by atoms with E-state index in [1.54, 1.807) is 0 Å². The number of carbonyl (C=O) groups is 2. The highest BCUT2D eigenvalue weighted by Crippen LogP contribution is 2.23. The Morgan fingerprint density at radius 3 is 2.54 bits per heavy atom. The summed E-state index contributed by atoms with van der Waals surface area (Å²) in [5.74, 6) is -1.39. The molecule has 0 aliphatic heterocycles. The minimum Gasteiger partial charge on any atom is -0.454 e. The molecule has 8 heteroatoms. The van der Waals surface area contributed by atoms with E-state index in [-0.39, 0.29) is 28.1 Å². The fraction of sp³-hybridized carbons (Fsp3) is 0.278. The maximum Gasteiger partial charge on any atom is 0.406 e. The van der Waals surface area contributed by atoms with Gasteiger partial charge in [-0.3, -0.25) is 4.79 Å². The Kier molecular flexibility index (Phi) is 5.50. The molecule has 0 N–H and O–H groups in total. The van der Waals surface area contributed by atoms with Crippen molar-refractivity contribution in [2.75, 3.05) is 6.61 Å². The summed E-state index contributed by atoms with van der Waals surface area (Å²) in [5.41, 5.74) is 0.898. The molecule has 0 aliphatic carbocycles. The van der Waals surface area contributed by atoms with E-state index in [4.69, 9.17) is 10.00 Å². The zero-order chi connectivity index (χ0) is 19.5. The maximum atomic E-state index is 12.6. The molecule has 2 aromatic rings. The van der Waals surface area contributed by atoms with Gasteiger partial charge in [0.25, 0.3) is 0 Å². The van der Waals surface area contributed by atoms with Gasteiger partial charge >= 0.3 is 12.1 Å². The van der Waals surface area contributed by atoms with Crippen molar-refractivity contribution in [2.24, 2.45) is 0 Å². The summed E-state index contributed by atoms with van der Waals surface area (Å²) in [6.07, 6.45) is -4.41. The zero-order valence-corrected chi connectivity index (χ0v) is 14.1. The number of ketones is 1. The molecule has 0 aliphatic rings. The minimum absolute atomic E-state index is 0.0744. The quantitative estimate of drug-likeness (QED) is 0.601. The van der Waals surface area contributed by atoms with Crippen LogP contribution in [0.2, 0.25) is 0 Å². The van der Waals surface area contributed by atoms with Gasteiger partial charge in [0, 0.05) is 17.0 Å². The maximum absolute atomic E-state index is 12.6. The number of hydrogen-bond acceptors (Lipinski definition) is 4. The van der Waals surface area contributed by atoms with E-state index in [0.29, 0.717) is 0 Å². The number of alkyl halides is 3. The van der Waals surface area contributed by atoms with Gasteiger partial charge in [-0.15, -0.1) is 0 Å². The second kappa shape index (κ2) is 7.44. The smallest absolute Gasteiger partial charge is 0.406 e. The first kappa shape index (κ1) is 19.2. The molecule has 1 aromatic carbocycles. The Morgan fingerprint density at radius 2 is 1.92 bits per heavy atom. The van der Waals surface area contributed by atoms with E-state index in [1.807, 2.05) is 6.07 Å². The third-order valence-corrected chi connectivity index (χ3v) is 3.77. The van der Waals surface area contributed by atoms with Crippen molar-refractivity contribution < 1.29 is 27.5 Å². The van der Waals surface area contributed by atoms with Gasteiger partial charge in [-0.25, -0.2) is 4.79 Å². The molecule has 0 fully saturated rings. The molecule has 1 heterocycles. The summed E-state index contributed by atoms with van der Waals surface area (Å²) >= 11 is 0. The lowest BCUT2D eigenvalue weighted by Gasteiger charge is -2.12. The van der Waals surface area contributed by atoms with Crippen LogP contribution in [0, 0.1) is 25.2 Å². The number of halogens is 3. The Hall–Kier alpha value is -3.08. The van der Waals surface area contributed by atoms with E-state index in [0.717, 1.165) is 4.57 Å². The van der Waals surface area contributed by atoms with Crippen LogP contribution in [0.4, 0.5) is 13.2 Å². The summed E-state index contributed by atoms with van der Waals surface area (Å²) < 4.78 is 43.8. The summed E-state index contributed by atoms with van der Waals surface area (Å²) in [6, 6.07) is 8.99. The highest BCUT2D eigenvalue weighted by Gasteiger charge is 2.30. The van der Waals surface area contributed by atoms with Gasteiger partial charge in [-0.2, -0.15) is 18.4 Å². The van der Waals surface area contributed by atoms with Gasteiger partial charge in [0.05, 0.1) is 17.2 Å². The largest absolute Gasteiger partial charge is 0.454 e. The molecule has 0 radical (unpaired) electrons. The average Bonchev–Trinajstić information content (AvgIpc) is 2.86. The Morgan fingerprint density at radius 1 is 1.23 bits per heavy atom. The highest BCUT2D eigenvalue weighted by atomic mass is 19.4. The lowest BCUT2D eigenvalue weighted by Crippen LogP contribution is -2.20. The summed E-state index contributed by atoms with van der Waals surface area (Å²) in [5, 5.41) is 8.81. The van der Waals surface area contributed by atoms with Gasteiger partial charge in [0.1, 0.15) is 6.54 Å². The number of aromatic nitrogens is 1. The van der Waals surface area contributed by atoms with E-state index >= 15 is 0 Å². The third-order valence-electron chi connectivity index (χ3n) is 3.77. The number of aryl methyl sites for hydroxylation is 1. The van der Waals surface area contributed by atoms with Crippen LogP contribution >= 0.6 is 0 Å². The number of rotatable bonds is 5. The summed E-state index contributed by atoms with van der Waals surface area (Å²) in [7, 11) is 0. The fourth-order valence-electron chi connectivity index (χ4n) is 2.51. The molecular weight excluding hydrogens is 349 g/mol. The molecule has 0 atom stereocenters. The number of ether oxygens (including phenoxy) is 1. The number of benzene rings is 1. The fourth-order valence-corrected chi connectivity index (χ4v) is 2.51. The van der Waals surface area contributed by atoms with Gasteiger partial charge in [-0.1, -0.05) is 6.07 Å². The van der Waals surface area contributed by atoms with Crippen molar-refractivity contribution in [3.05, 3.63) is 58.4 Å². The molecule has 26 heavy (non-hydrogen) atoms. The number of esters is 1. The van der Waals surface area contributed by atoms with Crippen molar-refractivity contribution in [1.82, 2.24) is 4.57 Å². The van der Waals surface area contributed by atoms with E-state index < -0.39 is 31.1 Å². The molecule has 1 aromatic heterocycles. The predicted molar refractivity (Wildman–Crippen MR) is 85.7 cm³/mol. The van der Waals surface area contributed by atoms with Gasteiger partial charge < -0.3 is 9.30 Å². The molecule has 0 bridgehead atoms. The second-order valence-electron chi connectivity index (χ2n) is 5.68. The van der Waals surface area contributed by atoms with Crippen LogP contribution in [0.25, 0.3) is 0 Å². The first-order chi connectivity index (χ1) is 12.1. The zero-order valence-electron chi connectivity index (χ0n) is 14.1. The molecule has 2 rings (SSSR count). The number of carbonyl (C=O) groups excluding carboxylic acids is 2. The summed E-state index contributed by atoms with van der Waals surface area (Å²) in [6.45, 7) is 1.07. The van der Waals surface area contributed by atoms with E-state index in [1.165, 1.54) is 44.2 Å². The van der Waals surface area contributed by atoms with Crippen LogP contribution in [0.3, 0.4) is 0 Å². The van der Waals surface area contributed by atoms with Crippen LogP contribution in [0.15, 0.2) is 30.3 Å². The monoisotopic (exact) mass is 364 g/mol. The van der Waals surface area contributed by atoms with Gasteiger partial charge in [0.2, 0.25) is 5.78 Å². The molecule has 0 saturated heterocycles. The molecule has 0 spiro atoms. The Balaban J connectivity index is 2.10. The van der Waals surface area contributed by atoms with Crippen LogP contribution in [0.1, 0.15) is 37.7 Å².